The number of ether oxygens (including phenoxy) is 4. The quantitative estimate of drug-likeness (QED) is 0.0500. The molecule has 10 rings (SSSR count). The zero-order chi connectivity index (χ0) is 80.4. The highest BCUT2D eigenvalue weighted by atomic mass is 19.2. The van der Waals surface area contributed by atoms with Gasteiger partial charge in [0.15, 0.2) is 46.4 Å². The second kappa shape index (κ2) is 34.4. The number of Topliss-reactive ketones (excluding diaryl/α,β-unsaturated/α-hetero) is 2. The number of rotatable bonds is 19. The van der Waals surface area contributed by atoms with Gasteiger partial charge in [-0.05, 0) is 202 Å². The molecule has 10 aromatic rings. The Kier molecular flexibility index (Phi) is 26.2. The van der Waals surface area contributed by atoms with E-state index in [1.54, 1.807) is 136 Å². The lowest BCUT2D eigenvalue weighted by atomic mass is 9.96. The number of imide groups is 2. The number of carbonyl (C=O) groups is 8. The largest absolute Gasteiger partial charge is 0.477 e. The van der Waals surface area contributed by atoms with Crippen LogP contribution in [0.5, 0.6) is 0 Å². The van der Waals surface area contributed by atoms with Crippen molar-refractivity contribution in [2.24, 2.45) is 5.73 Å². The predicted octanol–water partition coefficient (Wildman–Crippen LogP) is 14.5. The van der Waals surface area contributed by atoms with Gasteiger partial charge in [-0.2, -0.15) is 30.0 Å². The van der Waals surface area contributed by atoms with Crippen molar-refractivity contribution in [1.29, 1.82) is 0 Å². The smallest absolute Gasteiger partial charge is 0.425 e. The highest BCUT2D eigenvalue weighted by Gasteiger charge is 2.37. The number of amides is 5. The van der Waals surface area contributed by atoms with Crippen molar-refractivity contribution in [2.75, 3.05) is 9.80 Å². The zero-order valence-corrected chi connectivity index (χ0v) is 63.4. The summed E-state index contributed by atoms with van der Waals surface area (Å²) < 4.78 is 79.6. The molecule has 0 aliphatic carbocycles. The van der Waals surface area contributed by atoms with E-state index in [1.165, 1.54) is 47.8 Å². The zero-order valence-electron chi connectivity index (χ0n) is 63.4. The van der Waals surface area contributed by atoms with Crippen LogP contribution in [0.15, 0.2) is 122 Å². The minimum absolute atomic E-state index is 0.000741. The summed E-state index contributed by atoms with van der Waals surface area (Å²) in [6, 6.07) is 21.8. The van der Waals surface area contributed by atoms with E-state index in [-0.39, 0.29) is 84.3 Å². The molecule has 6 aromatic heterocycles. The van der Waals surface area contributed by atoms with E-state index in [0.29, 0.717) is 50.6 Å². The third-order valence-corrected chi connectivity index (χ3v) is 15.8. The molecule has 109 heavy (non-hydrogen) atoms. The molecule has 0 bridgehead atoms. The summed E-state index contributed by atoms with van der Waals surface area (Å²) in [5, 5.41) is 22.0. The number of aryl methyl sites for hydroxylation is 2. The van der Waals surface area contributed by atoms with Crippen LogP contribution in [0.3, 0.4) is 0 Å². The number of fused-ring (bicyclic) bond motifs is 4. The van der Waals surface area contributed by atoms with Gasteiger partial charge < -0.3 is 35.1 Å². The van der Waals surface area contributed by atoms with Crippen molar-refractivity contribution in [3.05, 3.63) is 190 Å². The molecule has 0 unspecified atom stereocenters. The molecule has 0 aliphatic rings. The normalized spacial score (nSPS) is 12.4. The first-order chi connectivity index (χ1) is 50.9. The van der Waals surface area contributed by atoms with Gasteiger partial charge in [-0.25, -0.2) is 70.5 Å². The van der Waals surface area contributed by atoms with Crippen LogP contribution in [0.2, 0.25) is 0 Å². The van der Waals surface area contributed by atoms with Gasteiger partial charge in [0.2, 0.25) is 0 Å². The van der Waals surface area contributed by atoms with Crippen LogP contribution in [0.1, 0.15) is 190 Å². The van der Waals surface area contributed by atoms with Crippen LogP contribution in [-0.4, -0.2) is 137 Å². The number of nitrogens with zero attached hydrogens (tertiary/aromatic N) is 12. The van der Waals surface area contributed by atoms with Crippen LogP contribution in [0.25, 0.3) is 33.1 Å². The van der Waals surface area contributed by atoms with Crippen LogP contribution in [0, 0.1) is 23.3 Å². The Morgan fingerprint density at radius 2 is 0.853 bits per heavy atom. The van der Waals surface area contributed by atoms with Gasteiger partial charge in [-0.3, -0.25) is 14.4 Å². The van der Waals surface area contributed by atoms with Gasteiger partial charge in [-0.1, -0.05) is 76.2 Å². The molecule has 0 fully saturated rings. The van der Waals surface area contributed by atoms with Gasteiger partial charge in [0.05, 0.1) is 23.5 Å². The minimum atomic E-state index is -1.12. The molecule has 5 amide bonds. The highest BCUT2D eigenvalue weighted by Crippen LogP contribution is 2.32. The summed E-state index contributed by atoms with van der Waals surface area (Å²) in [7, 11) is 0. The maximum absolute atomic E-state index is 14.2. The fraction of sp³-hybridized carbons (Fsp3) is 0.385. The first-order valence-electron chi connectivity index (χ1n) is 34.8. The summed E-state index contributed by atoms with van der Waals surface area (Å²) in [6.07, 6.45) is 2.52. The molecular formula is C78H88F4N14O13. The molecule has 4 aromatic carbocycles. The molecule has 576 valence electrons. The van der Waals surface area contributed by atoms with Crippen LogP contribution in [-0.2, 0) is 54.2 Å². The van der Waals surface area contributed by atoms with E-state index in [2.05, 4.69) is 45.4 Å². The maximum atomic E-state index is 14.2. The molecule has 0 saturated heterocycles. The van der Waals surface area contributed by atoms with Gasteiger partial charge >= 0.3 is 30.3 Å². The fourth-order valence-electron chi connectivity index (χ4n) is 10.8. The lowest BCUT2D eigenvalue weighted by Crippen LogP contribution is -2.44. The minimum Gasteiger partial charge on any atom is -0.477 e. The van der Waals surface area contributed by atoms with E-state index < -0.39 is 94.0 Å². The second-order valence-electron chi connectivity index (χ2n) is 30.1. The van der Waals surface area contributed by atoms with Crippen LogP contribution < -0.4 is 20.9 Å². The summed E-state index contributed by atoms with van der Waals surface area (Å²) in [5.41, 5.74) is 6.24. The number of aromatic carboxylic acids is 1. The summed E-state index contributed by atoms with van der Waals surface area (Å²) in [5.74, 6) is -5.62. The van der Waals surface area contributed by atoms with Gasteiger partial charge in [0, 0.05) is 36.0 Å². The predicted molar refractivity (Wildman–Crippen MR) is 396 cm³/mol. The molecule has 0 radical (unpaired) electrons. The first kappa shape index (κ1) is 82.9. The number of nitrogens with two attached hydrogens (primary N) is 1. The Labute approximate surface area is 626 Å². The number of aromatic nitrogens is 10. The molecular weight excluding hydrogens is 1420 g/mol. The number of anilines is 2. The Hall–Kier alpha value is -11.8. The second-order valence-corrected chi connectivity index (χ2v) is 30.1. The molecule has 6 heterocycles. The first-order valence-corrected chi connectivity index (χ1v) is 34.8. The van der Waals surface area contributed by atoms with Crippen molar-refractivity contribution in [2.45, 2.75) is 196 Å². The number of pyridine rings is 2. The average molecular weight is 1510 g/mol. The number of carboxylic acid groups (broad SMARTS) is 1. The monoisotopic (exact) mass is 1500 g/mol. The third-order valence-electron chi connectivity index (χ3n) is 15.8. The molecule has 0 spiro atoms. The Balaban J connectivity index is 0.000000236. The van der Waals surface area contributed by atoms with Crippen molar-refractivity contribution < 1.29 is 80.0 Å². The van der Waals surface area contributed by atoms with Crippen LogP contribution in [0.4, 0.5) is 48.4 Å². The highest BCUT2D eigenvalue weighted by molar-refractivity contribution is 6.15. The summed E-state index contributed by atoms with van der Waals surface area (Å²) >= 11 is 0. The molecule has 4 N–H and O–H groups in total. The van der Waals surface area contributed by atoms with Crippen molar-refractivity contribution in [3.8, 4) is 0 Å². The third kappa shape index (κ3) is 22.7. The van der Waals surface area contributed by atoms with Gasteiger partial charge in [-0.15, -0.1) is 0 Å². The van der Waals surface area contributed by atoms with E-state index in [0.717, 1.165) is 50.9 Å². The number of ketones is 2. The number of carbonyl (C=O) groups excluding carboxylic acids is 7. The lowest BCUT2D eigenvalue weighted by molar-refractivity contribution is -0.121. The molecule has 0 saturated carbocycles. The fourth-order valence-corrected chi connectivity index (χ4v) is 10.8. The van der Waals surface area contributed by atoms with E-state index >= 15 is 0 Å². The van der Waals surface area contributed by atoms with Crippen LogP contribution >= 0.6 is 0 Å². The molecule has 2 atom stereocenters. The van der Waals surface area contributed by atoms with E-state index in [1.807, 2.05) is 33.8 Å². The number of halogens is 4. The van der Waals surface area contributed by atoms with Gasteiger partial charge in [0.25, 0.3) is 17.5 Å². The van der Waals surface area contributed by atoms with Crippen molar-refractivity contribution >= 4 is 92.6 Å². The molecule has 27 nitrogen and oxygen atoms in total. The number of carboxylic acids is 1. The lowest BCUT2D eigenvalue weighted by Gasteiger charge is -2.28. The van der Waals surface area contributed by atoms with E-state index in [4.69, 9.17) is 29.8 Å². The topological polar surface area (TPSA) is 350 Å². The van der Waals surface area contributed by atoms with Crippen molar-refractivity contribution in [1.82, 2.24) is 54.4 Å². The number of nitrogens with one attached hydrogen (secondary N) is 1. The number of hydrogen-bond acceptors (Lipinski definition) is 21. The maximum Gasteiger partial charge on any atom is 0.425 e. The molecule has 31 heteroatoms. The standard InChI is InChI=1S/C39H43F2N7O6.C30H35F2N3O5.C9H10N4O2/c1-22(2)31-20-30(46-35-43-21-44-48(31)35)34(50)45-29(19-24-10-13-27(40)28(41)18-24)32(49)14-11-23-9-12-26-25(17-23)15-16-42-33(26)47(36(51)53-38(3,4)5)37(52)54-39(6,7)8;1-29(2,3)39-27(37)35(28(38)40-30(4,5)6)26-21-10-7-18(15-20(21)13-14-34-26)9-12-25(36)24(33)17-19-8-11-22(31)23(32)16-19;1-5(2)7-3-6(8(14)15)12-9-10-4-11-13(7)9/h9-10,12-13,15-18,20-22,29H,11,14,19H2,1-8H3,(H,45,50);7-8,10-11,13-16,24H,9,12,17,33H2,1-6H3;3-5H,1-2H3,(H,14,15)/t29-;24-;/m00./s1. The number of hydrogen-bond donors (Lipinski definition) is 3. The van der Waals surface area contributed by atoms with Crippen molar-refractivity contribution in [3.63, 3.8) is 0 Å². The summed E-state index contributed by atoms with van der Waals surface area (Å²) in [4.78, 5) is 130. The Morgan fingerprint density at radius 3 is 1.24 bits per heavy atom. The van der Waals surface area contributed by atoms with Gasteiger partial charge in [0.1, 0.15) is 46.5 Å². The van der Waals surface area contributed by atoms with E-state index in [9.17, 15) is 55.9 Å². The molecule has 0 aliphatic heterocycles. The summed E-state index contributed by atoms with van der Waals surface area (Å²) in [6.45, 7) is 27.9. The Morgan fingerprint density at radius 1 is 0.477 bits per heavy atom. The average Bonchev–Trinajstić information content (AvgIpc) is 1.02. The SMILES string of the molecule is CC(C)(C)OC(=O)N(C(=O)OC(C)(C)C)c1nccc2cc(CCC(=O)[C@@H](N)Cc3ccc(F)c(F)c3)ccc12.CC(C)c1cc(C(=O)N[C@@H](Cc2ccc(F)c(F)c2)C(=O)CCc2ccc3c(N(C(=O)OC(C)(C)C)C(=O)OC(C)(C)C)nccc3c2)nc2ncnn12.CC(C)c1cc(C(=O)O)nc2ncnn12. The number of benzene rings is 4. The Bertz CT molecular complexity index is 5000.